The lowest BCUT2D eigenvalue weighted by atomic mass is 10.1. The Balaban J connectivity index is 1.55. The molecular formula is C21H26N2O6S2. The van der Waals surface area contributed by atoms with Crippen LogP contribution in [0.5, 0.6) is 5.75 Å². The number of rotatable bonds is 6. The van der Waals surface area contributed by atoms with E-state index < -0.39 is 19.9 Å². The average Bonchev–Trinajstić information content (AvgIpc) is 2.73. The number of sulfone groups is 1. The Morgan fingerprint density at radius 2 is 1.45 bits per heavy atom. The molecule has 0 aromatic heterocycles. The third kappa shape index (κ3) is 5.44. The maximum absolute atomic E-state index is 12.9. The maximum Gasteiger partial charge on any atom is 0.260 e. The Bertz CT molecular complexity index is 1170. The van der Waals surface area contributed by atoms with Crippen LogP contribution in [0.25, 0.3) is 0 Å². The zero-order valence-corrected chi connectivity index (χ0v) is 19.4. The lowest BCUT2D eigenvalue weighted by molar-refractivity contribution is -0.134. The van der Waals surface area contributed by atoms with E-state index in [-0.39, 0.29) is 48.5 Å². The molecule has 2 aromatic carbocycles. The molecular weight excluding hydrogens is 440 g/mol. The normalized spacial score (nSPS) is 15.6. The van der Waals surface area contributed by atoms with E-state index in [0.717, 1.165) is 17.4 Å². The van der Waals surface area contributed by atoms with Gasteiger partial charge in [0.1, 0.15) is 5.75 Å². The van der Waals surface area contributed by atoms with Gasteiger partial charge < -0.3 is 9.64 Å². The van der Waals surface area contributed by atoms with Crippen molar-refractivity contribution >= 4 is 25.8 Å². The highest BCUT2D eigenvalue weighted by atomic mass is 32.2. The van der Waals surface area contributed by atoms with Crippen LogP contribution in [-0.2, 0) is 24.7 Å². The first-order chi connectivity index (χ1) is 14.5. The molecule has 1 fully saturated rings. The van der Waals surface area contributed by atoms with Gasteiger partial charge in [-0.3, -0.25) is 4.79 Å². The summed E-state index contributed by atoms with van der Waals surface area (Å²) < 4.78 is 55.6. The highest BCUT2D eigenvalue weighted by Crippen LogP contribution is 2.21. The molecule has 0 bridgehead atoms. The summed E-state index contributed by atoms with van der Waals surface area (Å²) in [6.45, 7) is 4.58. The van der Waals surface area contributed by atoms with Gasteiger partial charge in [-0.25, -0.2) is 16.8 Å². The van der Waals surface area contributed by atoms with Gasteiger partial charge in [-0.1, -0.05) is 6.07 Å². The van der Waals surface area contributed by atoms with Crippen LogP contribution < -0.4 is 4.74 Å². The Hall–Kier alpha value is -2.43. The van der Waals surface area contributed by atoms with Gasteiger partial charge in [0.25, 0.3) is 5.91 Å². The molecule has 2 aromatic rings. The van der Waals surface area contributed by atoms with Gasteiger partial charge >= 0.3 is 0 Å². The van der Waals surface area contributed by atoms with Crippen molar-refractivity contribution in [2.75, 3.05) is 39.0 Å². The monoisotopic (exact) mass is 466 g/mol. The van der Waals surface area contributed by atoms with E-state index in [9.17, 15) is 21.6 Å². The molecule has 3 rings (SSSR count). The standard InChI is InChI=1S/C21H26N2O6S2/c1-16-4-7-20(14-17(16)2)31(27,28)23-12-10-22(11-13-23)21(24)15-29-18-5-8-19(9-6-18)30(3,25)26/h4-9,14H,10-13,15H2,1-3H3. The maximum atomic E-state index is 12.9. The Kier molecular flexibility index (Phi) is 6.73. The van der Waals surface area contributed by atoms with Crippen molar-refractivity contribution in [3.8, 4) is 5.75 Å². The van der Waals surface area contributed by atoms with Gasteiger partial charge in [-0.2, -0.15) is 4.31 Å². The van der Waals surface area contributed by atoms with Crippen molar-refractivity contribution in [3.63, 3.8) is 0 Å². The molecule has 0 aliphatic carbocycles. The summed E-state index contributed by atoms with van der Waals surface area (Å²) >= 11 is 0. The van der Waals surface area contributed by atoms with E-state index >= 15 is 0 Å². The molecule has 8 nitrogen and oxygen atoms in total. The first kappa shape index (κ1) is 23.2. The molecule has 0 radical (unpaired) electrons. The number of carbonyl (C=O) groups excluding carboxylic acids is 1. The molecule has 168 valence electrons. The predicted octanol–water partition coefficient (Wildman–Crippen LogP) is 1.62. The largest absolute Gasteiger partial charge is 0.484 e. The average molecular weight is 467 g/mol. The van der Waals surface area contributed by atoms with Crippen LogP contribution in [0, 0.1) is 13.8 Å². The van der Waals surface area contributed by atoms with Crippen LogP contribution in [-0.4, -0.2) is 71.0 Å². The molecule has 1 aliphatic rings. The number of ether oxygens (including phenoxy) is 1. The summed E-state index contributed by atoms with van der Waals surface area (Å²) in [6.07, 6.45) is 1.12. The summed E-state index contributed by atoms with van der Waals surface area (Å²) in [7, 11) is -6.90. The second-order valence-corrected chi connectivity index (χ2v) is 11.5. The first-order valence-electron chi connectivity index (χ1n) is 9.76. The van der Waals surface area contributed by atoms with E-state index in [4.69, 9.17) is 4.74 Å². The fourth-order valence-electron chi connectivity index (χ4n) is 3.22. The Morgan fingerprint density at radius 3 is 2.00 bits per heavy atom. The molecule has 0 N–H and O–H groups in total. The van der Waals surface area contributed by atoms with Crippen LogP contribution in [0.3, 0.4) is 0 Å². The number of hydrogen-bond donors (Lipinski definition) is 0. The second kappa shape index (κ2) is 8.97. The van der Waals surface area contributed by atoms with Crippen LogP contribution in [0.15, 0.2) is 52.3 Å². The third-order valence-corrected chi connectivity index (χ3v) is 8.34. The summed E-state index contributed by atoms with van der Waals surface area (Å²) in [6, 6.07) is 10.9. The lowest BCUT2D eigenvalue weighted by Gasteiger charge is -2.34. The van der Waals surface area contributed by atoms with Crippen LogP contribution in [0.1, 0.15) is 11.1 Å². The summed E-state index contributed by atoms with van der Waals surface area (Å²) in [4.78, 5) is 14.4. The highest BCUT2D eigenvalue weighted by Gasteiger charge is 2.30. The smallest absolute Gasteiger partial charge is 0.260 e. The zero-order chi connectivity index (χ0) is 22.8. The highest BCUT2D eigenvalue weighted by molar-refractivity contribution is 7.90. The fraction of sp³-hybridized carbons (Fsp3) is 0.381. The molecule has 1 amide bonds. The number of carbonyl (C=O) groups is 1. The van der Waals surface area contributed by atoms with Crippen molar-refractivity contribution in [1.29, 1.82) is 0 Å². The number of hydrogen-bond acceptors (Lipinski definition) is 6. The fourth-order valence-corrected chi connectivity index (χ4v) is 5.36. The van der Waals surface area contributed by atoms with Crippen molar-refractivity contribution in [2.45, 2.75) is 23.6 Å². The summed E-state index contributed by atoms with van der Waals surface area (Å²) in [5, 5.41) is 0. The first-order valence-corrected chi connectivity index (χ1v) is 13.1. The Labute approximate surface area is 183 Å². The second-order valence-electron chi connectivity index (χ2n) is 7.56. The molecule has 0 unspecified atom stereocenters. The van der Waals surface area contributed by atoms with E-state index in [2.05, 4.69) is 0 Å². The quantitative estimate of drug-likeness (QED) is 0.641. The van der Waals surface area contributed by atoms with E-state index in [1.807, 2.05) is 13.8 Å². The van der Waals surface area contributed by atoms with Crippen molar-refractivity contribution in [3.05, 3.63) is 53.6 Å². The van der Waals surface area contributed by atoms with E-state index in [1.54, 1.807) is 23.1 Å². The van der Waals surface area contributed by atoms with Gasteiger partial charge in [0.2, 0.25) is 10.0 Å². The lowest BCUT2D eigenvalue weighted by Crippen LogP contribution is -2.51. The molecule has 1 heterocycles. The minimum Gasteiger partial charge on any atom is -0.484 e. The van der Waals surface area contributed by atoms with Gasteiger partial charge in [-0.15, -0.1) is 0 Å². The zero-order valence-electron chi connectivity index (χ0n) is 17.7. The molecule has 1 saturated heterocycles. The number of benzene rings is 2. The molecule has 31 heavy (non-hydrogen) atoms. The third-order valence-electron chi connectivity index (χ3n) is 5.32. The number of amides is 1. The van der Waals surface area contributed by atoms with E-state index in [0.29, 0.717) is 5.75 Å². The number of nitrogens with zero attached hydrogens (tertiary/aromatic N) is 2. The van der Waals surface area contributed by atoms with Crippen molar-refractivity contribution < 1.29 is 26.4 Å². The van der Waals surface area contributed by atoms with Crippen molar-refractivity contribution in [1.82, 2.24) is 9.21 Å². The number of sulfonamides is 1. The topological polar surface area (TPSA) is 101 Å². The predicted molar refractivity (Wildman–Crippen MR) is 116 cm³/mol. The SMILES string of the molecule is Cc1ccc(S(=O)(=O)N2CCN(C(=O)COc3ccc(S(C)(=O)=O)cc3)CC2)cc1C. The van der Waals surface area contributed by atoms with E-state index in [1.165, 1.54) is 28.6 Å². The number of piperazine rings is 1. The minimum absolute atomic E-state index is 0.173. The van der Waals surface area contributed by atoms with Crippen molar-refractivity contribution in [2.24, 2.45) is 0 Å². The number of aryl methyl sites for hydroxylation is 2. The minimum atomic E-state index is -3.61. The molecule has 1 aliphatic heterocycles. The molecule has 0 spiro atoms. The molecule has 10 heteroatoms. The Morgan fingerprint density at radius 1 is 0.871 bits per heavy atom. The summed E-state index contributed by atoms with van der Waals surface area (Å²) in [5.74, 6) is 0.132. The molecule has 0 atom stereocenters. The van der Waals surface area contributed by atoms with Gasteiger partial charge in [0.15, 0.2) is 16.4 Å². The van der Waals surface area contributed by atoms with Crippen LogP contribution in [0.2, 0.25) is 0 Å². The van der Waals surface area contributed by atoms with Gasteiger partial charge in [-0.05, 0) is 61.4 Å². The van der Waals surface area contributed by atoms with Crippen LogP contribution in [0.4, 0.5) is 0 Å². The summed E-state index contributed by atoms with van der Waals surface area (Å²) in [5.41, 5.74) is 1.94. The molecule has 0 saturated carbocycles. The van der Waals surface area contributed by atoms with Gasteiger partial charge in [0.05, 0.1) is 9.79 Å². The van der Waals surface area contributed by atoms with Gasteiger partial charge in [0, 0.05) is 32.4 Å². The van der Waals surface area contributed by atoms with Crippen LogP contribution >= 0.6 is 0 Å².